The SMILES string of the molecule is CO[C@H](COP(O)(=S)[C@@H]1[C@H](F)[C@@H](CO)O[C@H]1n1cnc2c(=O)[nH]c(N)nc21)[C@@H](O)[C@H](F)Cn1cnc2c(N)ncnc21. The van der Waals surface area contributed by atoms with Crippen molar-refractivity contribution in [2.45, 2.75) is 49.1 Å². The predicted octanol–water partition coefficient (Wildman–Crippen LogP) is -1.25. The zero-order chi connectivity index (χ0) is 30.3. The second kappa shape index (κ2) is 11.8. The maximum Gasteiger partial charge on any atom is 0.280 e. The lowest BCUT2D eigenvalue weighted by atomic mass is 10.1. The van der Waals surface area contributed by atoms with Crippen LogP contribution >= 0.6 is 6.49 Å². The van der Waals surface area contributed by atoms with Gasteiger partial charge in [0.2, 0.25) is 5.95 Å². The number of methoxy groups -OCH3 is 1. The van der Waals surface area contributed by atoms with Gasteiger partial charge in [0, 0.05) is 7.11 Å². The number of imidazole rings is 2. The summed E-state index contributed by atoms with van der Waals surface area (Å²) in [5.41, 5.74) is 9.41. The lowest BCUT2D eigenvalue weighted by molar-refractivity contribution is -0.0710. The first-order valence-electron chi connectivity index (χ1n) is 12.3. The molecular weight excluding hydrogens is 605 g/mol. The highest BCUT2D eigenvalue weighted by Gasteiger charge is 2.54. The molecule has 228 valence electrons. The van der Waals surface area contributed by atoms with Crippen LogP contribution in [0.3, 0.4) is 0 Å². The van der Waals surface area contributed by atoms with Crippen LogP contribution in [0.25, 0.3) is 22.3 Å². The molecule has 0 bridgehead atoms. The molecule has 0 aliphatic carbocycles. The van der Waals surface area contributed by atoms with E-state index in [1.165, 1.54) is 24.3 Å². The molecule has 8 N–H and O–H groups in total. The number of alkyl halides is 2. The van der Waals surface area contributed by atoms with E-state index in [9.17, 15) is 19.9 Å². The summed E-state index contributed by atoms with van der Waals surface area (Å²) in [7, 11) is 1.18. The van der Waals surface area contributed by atoms with Gasteiger partial charge in [0.25, 0.3) is 5.56 Å². The highest BCUT2D eigenvalue weighted by molar-refractivity contribution is 8.09. The second-order valence-electron chi connectivity index (χ2n) is 9.43. The van der Waals surface area contributed by atoms with Crippen LogP contribution in [0.2, 0.25) is 0 Å². The van der Waals surface area contributed by atoms with Gasteiger partial charge in [-0.25, -0.2) is 28.7 Å². The van der Waals surface area contributed by atoms with E-state index in [2.05, 4.69) is 29.9 Å². The molecule has 5 rings (SSSR count). The number of aromatic nitrogens is 8. The number of aliphatic hydroxyl groups excluding tert-OH is 2. The van der Waals surface area contributed by atoms with Crippen LogP contribution in [0, 0.1) is 0 Å². The summed E-state index contributed by atoms with van der Waals surface area (Å²) in [4.78, 5) is 45.6. The predicted molar refractivity (Wildman–Crippen MR) is 146 cm³/mol. The zero-order valence-corrected chi connectivity index (χ0v) is 23.5. The summed E-state index contributed by atoms with van der Waals surface area (Å²) in [6.07, 6.45) is -6.36. The molecule has 0 saturated carbocycles. The van der Waals surface area contributed by atoms with E-state index in [1.54, 1.807) is 0 Å². The second-order valence-corrected chi connectivity index (χ2v) is 13.0. The first kappa shape index (κ1) is 30.2. The number of rotatable bonds is 11. The summed E-state index contributed by atoms with van der Waals surface area (Å²) in [5, 5.41) is 20.4. The fraction of sp³-hybridized carbons (Fsp3) is 0.524. The number of fused-ring (bicyclic) bond motifs is 2. The molecule has 21 heteroatoms. The molecule has 0 amide bonds. The normalized spacial score (nSPS) is 24.6. The molecule has 42 heavy (non-hydrogen) atoms. The number of halogens is 2. The lowest BCUT2D eigenvalue weighted by Gasteiger charge is -2.31. The molecule has 1 saturated heterocycles. The molecule has 4 aromatic rings. The van der Waals surface area contributed by atoms with Crippen molar-refractivity contribution in [1.82, 2.24) is 39.0 Å². The van der Waals surface area contributed by atoms with Crippen LogP contribution in [0.15, 0.2) is 23.8 Å². The van der Waals surface area contributed by atoms with E-state index in [-0.39, 0.29) is 34.1 Å². The maximum absolute atomic E-state index is 15.5. The van der Waals surface area contributed by atoms with Gasteiger partial charge in [-0.05, 0) is 11.8 Å². The van der Waals surface area contributed by atoms with E-state index >= 15 is 8.78 Å². The Morgan fingerprint density at radius 2 is 1.98 bits per heavy atom. The third kappa shape index (κ3) is 5.47. The summed E-state index contributed by atoms with van der Waals surface area (Å²) in [6, 6.07) is 0. The fourth-order valence-electron chi connectivity index (χ4n) is 4.69. The minimum atomic E-state index is -4.21. The summed E-state index contributed by atoms with van der Waals surface area (Å²) >= 11 is 5.31. The van der Waals surface area contributed by atoms with Crippen molar-refractivity contribution in [1.29, 1.82) is 0 Å². The Labute approximate surface area is 239 Å². The number of aromatic amines is 1. The highest BCUT2D eigenvalue weighted by atomic mass is 32.5. The molecule has 0 radical (unpaired) electrons. The van der Waals surface area contributed by atoms with Crippen molar-refractivity contribution in [3.8, 4) is 0 Å². The Kier molecular flexibility index (Phi) is 8.50. The molecule has 1 fully saturated rings. The van der Waals surface area contributed by atoms with Crippen molar-refractivity contribution in [3.63, 3.8) is 0 Å². The van der Waals surface area contributed by atoms with Crippen LogP contribution in [0.5, 0.6) is 0 Å². The molecule has 4 aromatic heterocycles. The monoisotopic (exact) mass is 632 g/mol. The molecule has 0 aromatic carbocycles. The van der Waals surface area contributed by atoms with Crippen molar-refractivity contribution < 1.29 is 37.9 Å². The number of hydrogen-bond acceptors (Lipinski definition) is 14. The Bertz CT molecular complexity index is 1690. The number of aliphatic hydroxyl groups is 2. The quantitative estimate of drug-likeness (QED) is 0.106. The Hall–Kier alpha value is -3.23. The number of nitrogens with zero attached hydrogens (tertiary/aromatic N) is 7. The standard InChI is InChI=1S/C21H27F2N10O7PS/c1-38-10(14(35)8(22)2-32-6-28-12-16(24)26-5-27-17(12)32)4-39-41(37,42)15-11(23)9(3-34)40-20(15)33-7-29-13-18(33)30-21(25)31-19(13)36/h5-11,14-15,20,34-35H,2-4H2,1H3,(H,37,42)(H2,24,26,27)(H3,25,30,31,36)/t8-,9-,10-,11-,14+,15-,20-,41?/m1/s1. The number of H-pyrrole nitrogens is 1. The number of hydrogen-bond donors (Lipinski definition) is 6. The molecule has 17 nitrogen and oxygen atoms in total. The molecule has 1 aliphatic rings. The molecule has 1 unspecified atom stereocenters. The molecule has 8 atom stereocenters. The molecule has 0 spiro atoms. The average Bonchev–Trinajstić information content (AvgIpc) is 3.64. The first-order valence-corrected chi connectivity index (χ1v) is 15.1. The van der Waals surface area contributed by atoms with Gasteiger partial charge in [0.15, 0.2) is 35.3 Å². The van der Waals surface area contributed by atoms with Crippen molar-refractivity contribution >= 4 is 52.4 Å². The van der Waals surface area contributed by atoms with E-state index in [1.807, 2.05) is 0 Å². The van der Waals surface area contributed by atoms with Gasteiger partial charge in [0.05, 0.1) is 32.4 Å². The van der Waals surface area contributed by atoms with E-state index in [0.717, 1.165) is 10.9 Å². The first-order chi connectivity index (χ1) is 20.0. The largest absolute Gasteiger partial charge is 0.394 e. The van der Waals surface area contributed by atoms with Gasteiger partial charge in [-0.3, -0.25) is 14.3 Å². The maximum atomic E-state index is 15.5. The van der Waals surface area contributed by atoms with Crippen LogP contribution in [-0.4, -0.2) is 111 Å². The third-order valence-corrected chi connectivity index (χ3v) is 9.71. The summed E-state index contributed by atoms with van der Waals surface area (Å²) < 4.78 is 49.6. The molecular formula is C21H27F2N10O7PS. The number of ether oxygens (including phenoxy) is 2. The lowest BCUT2D eigenvalue weighted by Crippen LogP contribution is -2.41. The molecule has 1 aliphatic heterocycles. The highest BCUT2D eigenvalue weighted by Crippen LogP contribution is 2.58. The van der Waals surface area contributed by atoms with Gasteiger partial charge in [-0.15, -0.1) is 0 Å². The summed E-state index contributed by atoms with van der Waals surface area (Å²) in [6.45, 7) is -6.01. The third-order valence-electron chi connectivity index (χ3n) is 6.85. The van der Waals surface area contributed by atoms with Crippen molar-refractivity contribution in [2.24, 2.45) is 0 Å². The number of nitrogen functional groups attached to an aromatic ring is 2. The topological polar surface area (TPSA) is 248 Å². The number of nitrogens with one attached hydrogen (secondary N) is 1. The van der Waals surface area contributed by atoms with E-state index in [0.29, 0.717) is 0 Å². The smallest absolute Gasteiger partial charge is 0.280 e. The number of anilines is 2. The van der Waals surface area contributed by atoms with Crippen molar-refractivity contribution in [2.75, 3.05) is 31.8 Å². The molecule has 5 heterocycles. The number of nitrogens with two attached hydrogens (primary N) is 2. The Morgan fingerprint density at radius 3 is 2.69 bits per heavy atom. The summed E-state index contributed by atoms with van der Waals surface area (Å²) in [5.74, 6) is -0.151. The van der Waals surface area contributed by atoms with Crippen LogP contribution in [0.4, 0.5) is 20.5 Å². The fourth-order valence-corrected chi connectivity index (χ4v) is 7.15. The average molecular weight is 633 g/mol. The van der Waals surface area contributed by atoms with Gasteiger partial charge in [0.1, 0.15) is 48.2 Å². The van der Waals surface area contributed by atoms with Crippen molar-refractivity contribution in [3.05, 3.63) is 29.3 Å². The van der Waals surface area contributed by atoms with Crippen LogP contribution in [-0.2, 0) is 32.3 Å². The van der Waals surface area contributed by atoms with Gasteiger partial charge < -0.3 is 45.1 Å². The minimum absolute atomic E-state index is 0.0865. The van der Waals surface area contributed by atoms with Crippen LogP contribution < -0.4 is 17.0 Å². The minimum Gasteiger partial charge on any atom is -0.394 e. The Balaban J connectivity index is 1.34. The van der Waals surface area contributed by atoms with Gasteiger partial charge in [-0.2, -0.15) is 4.98 Å². The van der Waals surface area contributed by atoms with Gasteiger partial charge in [-0.1, -0.05) is 0 Å². The van der Waals surface area contributed by atoms with Gasteiger partial charge >= 0.3 is 0 Å². The van der Waals surface area contributed by atoms with E-state index in [4.69, 9.17) is 37.3 Å². The van der Waals surface area contributed by atoms with E-state index < -0.39 is 74.4 Å². The van der Waals surface area contributed by atoms with Crippen LogP contribution in [0.1, 0.15) is 6.23 Å². The zero-order valence-electron chi connectivity index (χ0n) is 21.8. The Morgan fingerprint density at radius 1 is 1.24 bits per heavy atom.